The van der Waals surface area contributed by atoms with Crippen LogP contribution in [0.1, 0.15) is 17.3 Å². The number of rotatable bonds is 7. The van der Waals surface area contributed by atoms with Crippen molar-refractivity contribution in [2.75, 3.05) is 5.32 Å². The Kier molecular flexibility index (Phi) is 6.56. The summed E-state index contributed by atoms with van der Waals surface area (Å²) in [6.07, 6.45) is 1.86. The van der Waals surface area contributed by atoms with Crippen molar-refractivity contribution in [1.29, 1.82) is 0 Å². The van der Waals surface area contributed by atoms with Crippen molar-refractivity contribution in [2.24, 2.45) is 0 Å². The second-order valence-corrected chi connectivity index (χ2v) is 9.95. The number of hydrogen-bond acceptors (Lipinski definition) is 2. The number of hydrogen-bond donors (Lipinski definition) is 1. The van der Waals surface area contributed by atoms with Gasteiger partial charge in [-0.05, 0) is 42.3 Å². The van der Waals surface area contributed by atoms with E-state index in [1.54, 1.807) is 0 Å². The summed E-state index contributed by atoms with van der Waals surface area (Å²) in [6, 6.07) is 46.9. The van der Waals surface area contributed by atoms with Gasteiger partial charge in [0.15, 0.2) is 0 Å². The summed E-state index contributed by atoms with van der Waals surface area (Å²) in [4.78, 5) is 4.69. The van der Waals surface area contributed by atoms with Crippen LogP contribution in [0.2, 0.25) is 0 Å². The van der Waals surface area contributed by atoms with Gasteiger partial charge in [-0.15, -0.1) is 0 Å². The molecular weight excluding hydrogens is 419 g/mol. The summed E-state index contributed by atoms with van der Waals surface area (Å²) in [5.74, 6) is 0. The maximum atomic E-state index is 4.69. The van der Waals surface area contributed by atoms with Crippen LogP contribution in [0.5, 0.6) is 0 Å². The molecule has 1 atom stereocenters. The van der Waals surface area contributed by atoms with Gasteiger partial charge in [0, 0.05) is 17.2 Å². The van der Waals surface area contributed by atoms with Gasteiger partial charge in [0.2, 0.25) is 0 Å². The van der Waals surface area contributed by atoms with Crippen LogP contribution in [-0.2, 0) is 0 Å². The lowest BCUT2D eigenvalue weighted by Crippen LogP contribution is -2.25. The third-order valence-corrected chi connectivity index (χ3v) is 8.09. The van der Waals surface area contributed by atoms with E-state index in [1.807, 2.05) is 18.3 Å². The molecule has 0 radical (unpaired) electrons. The number of aromatic nitrogens is 1. The third kappa shape index (κ3) is 4.87. The Labute approximate surface area is 196 Å². The first-order valence-electron chi connectivity index (χ1n) is 11.1. The molecule has 33 heavy (non-hydrogen) atoms. The van der Waals surface area contributed by atoms with E-state index < -0.39 is 7.92 Å². The highest BCUT2D eigenvalue weighted by molar-refractivity contribution is 7.80. The van der Waals surface area contributed by atoms with E-state index in [0.717, 1.165) is 11.4 Å². The van der Waals surface area contributed by atoms with Gasteiger partial charge in [0.1, 0.15) is 0 Å². The summed E-state index contributed by atoms with van der Waals surface area (Å²) in [7, 11) is -0.718. The van der Waals surface area contributed by atoms with E-state index in [9.17, 15) is 0 Å². The van der Waals surface area contributed by atoms with Crippen LogP contribution < -0.4 is 21.2 Å². The largest absolute Gasteiger partial charge is 0.372 e. The molecule has 3 heteroatoms. The molecule has 0 aliphatic rings. The Hall–Kier alpha value is -3.74. The minimum atomic E-state index is -0.718. The van der Waals surface area contributed by atoms with Crippen LogP contribution in [0.3, 0.4) is 0 Å². The number of pyridine rings is 1. The number of benzene rings is 4. The molecule has 2 nitrogen and oxygen atoms in total. The summed E-state index contributed by atoms with van der Waals surface area (Å²) in [6.45, 7) is 0. The van der Waals surface area contributed by atoms with Crippen molar-refractivity contribution in [1.82, 2.24) is 4.98 Å². The van der Waals surface area contributed by atoms with Crippen LogP contribution in [0.4, 0.5) is 5.69 Å². The Morgan fingerprint density at radius 2 is 1.09 bits per heavy atom. The lowest BCUT2D eigenvalue weighted by molar-refractivity contribution is 0.888. The summed E-state index contributed by atoms with van der Waals surface area (Å²) in [5.41, 5.74) is 3.33. The van der Waals surface area contributed by atoms with Gasteiger partial charge in [-0.1, -0.05) is 115 Å². The Morgan fingerprint density at radius 1 is 0.545 bits per heavy atom. The topological polar surface area (TPSA) is 24.9 Å². The van der Waals surface area contributed by atoms with Gasteiger partial charge in [0.05, 0.1) is 11.7 Å². The molecule has 1 N–H and O–H groups in total. The van der Waals surface area contributed by atoms with Gasteiger partial charge in [-0.3, -0.25) is 4.98 Å². The van der Waals surface area contributed by atoms with E-state index in [2.05, 4.69) is 132 Å². The first-order valence-corrected chi connectivity index (χ1v) is 12.5. The smallest absolute Gasteiger partial charge is 0.0940 e. The van der Waals surface area contributed by atoms with Crippen molar-refractivity contribution in [2.45, 2.75) is 6.04 Å². The second-order valence-electron chi connectivity index (χ2n) is 7.77. The minimum absolute atomic E-state index is 0.0445. The van der Waals surface area contributed by atoms with E-state index in [4.69, 9.17) is 0 Å². The van der Waals surface area contributed by atoms with Gasteiger partial charge >= 0.3 is 0 Å². The van der Waals surface area contributed by atoms with Crippen LogP contribution in [-0.4, -0.2) is 4.98 Å². The molecule has 0 bridgehead atoms. The molecule has 0 aliphatic heterocycles. The number of anilines is 1. The first kappa shape index (κ1) is 21.1. The SMILES string of the molecule is c1ccc(C(Nc2ccccc2P(c2ccccc2)c2ccccc2)c2ccccn2)cc1. The molecule has 0 saturated carbocycles. The first-order chi connectivity index (χ1) is 16.4. The van der Waals surface area contributed by atoms with E-state index in [1.165, 1.54) is 21.5 Å². The van der Waals surface area contributed by atoms with Crippen molar-refractivity contribution >= 4 is 29.5 Å². The van der Waals surface area contributed by atoms with Gasteiger partial charge in [0.25, 0.3) is 0 Å². The second kappa shape index (κ2) is 10.3. The van der Waals surface area contributed by atoms with Crippen molar-refractivity contribution in [3.63, 3.8) is 0 Å². The summed E-state index contributed by atoms with van der Waals surface area (Å²) in [5, 5.41) is 7.83. The molecule has 160 valence electrons. The molecular formula is C30H25N2P. The Bertz CT molecular complexity index is 1200. The average Bonchev–Trinajstić information content (AvgIpc) is 2.90. The molecule has 4 aromatic carbocycles. The maximum absolute atomic E-state index is 4.69. The fourth-order valence-corrected chi connectivity index (χ4v) is 6.46. The van der Waals surface area contributed by atoms with Crippen LogP contribution in [0.25, 0.3) is 0 Å². The predicted molar refractivity (Wildman–Crippen MR) is 141 cm³/mol. The minimum Gasteiger partial charge on any atom is -0.372 e. The molecule has 5 rings (SSSR count). The molecule has 0 fully saturated rings. The van der Waals surface area contributed by atoms with Gasteiger partial charge in [-0.2, -0.15) is 0 Å². The van der Waals surface area contributed by atoms with E-state index >= 15 is 0 Å². The van der Waals surface area contributed by atoms with Crippen LogP contribution in [0, 0.1) is 0 Å². The number of para-hydroxylation sites is 1. The highest BCUT2D eigenvalue weighted by Crippen LogP contribution is 2.37. The quantitative estimate of drug-likeness (QED) is 0.310. The predicted octanol–water partition coefficient (Wildman–Crippen LogP) is 6.04. The molecule has 0 saturated heterocycles. The molecule has 5 aromatic rings. The normalized spacial score (nSPS) is 11.8. The zero-order valence-corrected chi connectivity index (χ0v) is 19.1. The standard InChI is InChI=1S/C30H25N2P/c1-4-14-24(15-5-1)30(28-21-12-13-23-31-28)32-27-20-10-11-22-29(27)33(25-16-6-2-7-17-25)26-18-8-3-9-19-26/h1-23,30,32H. The Balaban J connectivity index is 1.61. The maximum Gasteiger partial charge on any atom is 0.0940 e. The molecule has 0 spiro atoms. The molecule has 0 aliphatic carbocycles. The summed E-state index contributed by atoms with van der Waals surface area (Å²) >= 11 is 0. The molecule has 1 unspecified atom stereocenters. The fourth-order valence-electron chi connectivity index (χ4n) is 4.05. The highest BCUT2D eigenvalue weighted by Gasteiger charge is 2.22. The van der Waals surface area contributed by atoms with Crippen LogP contribution in [0.15, 0.2) is 140 Å². The highest BCUT2D eigenvalue weighted by atomic mass is 31.1. The monoisotopic (exact) mass is 444 g/mol. The number of nitrogens with one attached hydrogen (secondary N) is 1. The van der Waals surface area contributed by atoms with Crippen molar-refractivity contribution in [3.8, 4) is 0 Å². The zero-order valence-electron chi connectivity index (χ0n) is 18.3. The van der Waals surface area contributed by atoms with Gasteiger partial charge < -0.3 is 5.32 Å². The Morgan fingerprint density at radius 3 is 1.70 bits per heavy atom. The lowest BCUT2D eigenvalue weighted by Gasteiger charge is -2.26. The lowest BCUT2D eigenvalue weighted by atomic mass is 10.0. The van der Waals surface area contributed by atoms with Crippen molar-refractivity contribution < 1.29 is 0 Å². The molecule has 0 amide bonds. The van der Waals surface area contributed by atoms with Gasteiger partial charge in [-0.25, -0.2) is 0 Å². The van der Waals surface area contributed by atoms with E-state index in [-0.39, 0.29) is 6.04 Å². The average molecular weight is 445 g/mol. The summed E-state index contributed by atoms with van der Waals surface area (Å²) < 4.78 is 0. The number of nitrogens with zero attached hydrogens (tertiary/aromatic N) is 1. The van der Waals surface area contributed by atoms with Crippen molar-refractivity contribution in [3.05, 3.63) is 151 Å². The fraction of sp³-hybridized carbons (Fsp3) is 0.0333. The van der Waals surface area contributed by atoms with E-state index in [0.29, 0.717) is 0 Å². The zero-order chi connectivity index (χ0) is 22.3. The molecule has 1 heterocycles. The van der Waals surface area contributed by atoms with Crippen LogP contribution >= 0.6 is 7.92 Å². The third-order valence-electron chi connectivity index (χ3n) is 5.59. The molecule has 1 aromatic heterocycles.